The lowest BCUT2D eigenvalue weighted by Crippen LogP contribution is -2.59. The van der Waals surface area contributed by atoms with E-state index in [9.17, 15) is 24.9 Å². The Hall–Kier alpha value is -1.92. The fraction of sp³-hybridized carbons (Fsp3) is 0.500. The molecule has 1 aromatic rings. The van der Waals surface area contributed by atoms with Gasteiger partial charge in [0, 0.05) is 17.6 Å². The van der Waals surface area contributed by atoms with Crippen LogP contribution in [-0.4, -0.2) is 57.2 Å². The molecule has 0 radical (unpaired) electrons. The number of piperidine rings is 1. The molecular weight excluding hydrogens is 286 g/mol. The van der Waals surface area contributed by atoms with Crippen LogP contribution in [0.15, 0.2) is 24.3 Å². The van der Waals surface area contributed by atoms with E-state index < -0.39 is 23.9 Å². The zero-order valence-electron chi connectivity index (χ0n) is 12.2. The Bertz CT molecular complexity index is 599. The lowest BCUT2D eigenvalue weighted by molar-refractivity contribution is -0.154. The van der Waals surface area contributed by atoms with Gasteiger partial charge in [-0.1, -0.05) is 0 Å². The van der Waals surface area contributed by atoms with Crippen LogP contribution < -0.4 is 0 Å². The first-order valence-electron chi connectivity index (χ1n) is 7.38. The third kappa shape index (κ3) is 2.19. The molecule has 0 saturated carbocycles. The van der Waals surface area contributed by atoms with Crippen LogP contribution in [0.25, 0.3) is 0 Å². The predicted molar refractivity (Wildman–Crippen MR) is 77.6 cm³/mol. The fourth-order valence-electron chi connectivity index (χ4n) is 4.00. The van der Waals surface area contributed by atoms with Gasteiger partial charge < -0.3 is 15.3 Å². The average molecular weight is 305 g/mol. The van der Waals surface area contributed by atoms with Crippen molar-refractivity contribution in [1.82, 2.24) is 4.90 Å². The van der Waals surface area contributed by atoms with Crippen molar-refractivity contribution in [3.8, 4) is 5.75 Å². The van der Waals surface area contributed by atoms with Gasteiger partial charge in [0.15, 0.2) is 5.78 Å². The molecule has 1 aromatic carbocycles. The van der Waals surface area contributed by atoms with Gasteiger partial charge in [0.2, 0.25) is 0 Å². The second-order valence-corrected chi connectivity index (χ2v) is 6.17. The first-order valence-corrected chi connectivity index (χ1v) is 7.38. The number of hydrogen-bond acceptors (Lipinski definition) is 5. The second-order valence-electron chi connectivity index (χ2n) is 6.17. The molecule has 6 heteroatoms. The van der Waals surface area contributed by atoms with Gasteiger partial charge in [0.05, 0.1) is 17.9 Å². The van der Waals surface area contributed by atoms with Crippen molar-refractivity contribution in [2.75, 3.05) is 7.05 Å². The van der Waals surface area contributed by atoms with E-state index in [4.69, 9.17) is 0 Å². The molecule has 0 aromatic heterocycles. The highest BCUT2D eigenvalue weighted by Gasteiger charge is 2.55. The molecule has 2 fully saturated rings. The van der Waals surface area contributed by atoms with Crippen molar-refractivity contribution in [3.05, 3.63) is 29.8 Å². The van der Waals surface area contributed by atoms with Crippen molar-refractivity contribution in [1.29, 1.82) is 0 Å². The highest BCUT2D eigenvalue weighted by atomic mass is 16.4. The van der Waals surface area contributed by atoms with Gasteiger partial charge in [0.1, 0.15) is 5.75 Å². The fourth-order valence-corrected chi connectivity index (χ4v) is 4.00. The number of aliphatic hydroxyl groups is 1. The monoisotopic (exact) mass is 305 g/mol. The summed E-state index contributed by atoms with van der Waals surface area (Å²) in [5.41, 5.74) is 0.379. The summed E-state index contributed by atoms with van der Waals surface area (Å²) in [6.45, 7) is 0. The number of phenolic OH excluding ortho intramolecular Hbond substituents is 1. The number of carbonyl (C=O) groups excluding carboxylic acids is 1. The molecule has 22 heavy (non-hydrogen) atoms. The first kappa shape index (κ1) is 15.0. The number of aliphatic carboxylic acids is 1. The van der Waals surface area contributed by atoms with Crippen LogP contribution in [0, 0.1) is 11.8 Å². The van der Waals surface area contributed by atoms with Crippen LogP contribution in [0.2, 0.25) is 0 Å². The van der Waals surface area contributed by atoms with Gasteiger partial charge >= 0.3 is 5.97 Å². The van der Waals surface area contributed by atoms with Gasteiger partial charge in [-0.25, -0.2) is 0 Å². The van der Waals surface area contributed by atoms with Crippen LogP contribution in [-0.2, 0) is 4.79 Å². The minimum absolute atomic E-state index is 0.0576. The van der Waals surface area contributed by atoms with Gasteiger partial charge in [-0.15, -0.1) is 0 Å². The number of aromatic hydroxyl groups is 1. The van der Waals surface area contributed by atoms with Crippen LogP contribution in [0.3, 0.4) is 0 Å². The largest absolute Gasteiger partial charge is 0.508 e. The number of carboxylic acids is 1. The van der Waals surface area contributed by atoms with Gasteiger partial charge in [-0.2, -0.15) is 0 Å². The van der Waals surface area contributed by atoms with E-state index in [0.29, 0.717) is 18.4 Å². The Labute approximate surface area is 128 Å². The molecule has 5 atom stereocenters. The summed E-state index contributed by atoms with van der Waals surface area (Å²) in [6, 6.07) is 5.47. The van der Waals surface area contributed by atoms with Gasteiger partial charge in [0.25, 0.3) is 0 Å². The number of phenols is 1. The van der Waals surface area contributed by atoms with Crippen molar-refractivity contribution in [2.24, 2.45) is 11.8 Å². The number of ketones is 1. The maximum absolute atomic E-state index is 12.8. The topological polar surface area (TPSA) is 98.1 Å². The predicted octanol–water partition coefficient (Wildman–Crippen LogP) is 0.729. The molecule has 6 nitrogen and oxygen atoms in total. The zero-order chi connectivity index (χ0) is 16.0. The minimum atomic E-state index is -1.19. The van der Waals surface area contributed by atoms with E-state index in [1.54, 1.807) is 0 Å². The average Bonchev–Trinajstić information content (AvgIpc) is 2.74. The number of benzene rings is 1. The number of Topliss-reactive ketones (excluding diaryl/α,β-unsaturated/α-hetero) is 1. The molecular formula is C16H19NO5. The second kappa shape index (κ2) is 5.37. The molecule has 2 aliphatic heterocycles. The first-order chi connectivity index (χ1) is 10.4. The van der Waals surface area contributed by atoms with E-state index in [1.807, 2.05) is 11.9 Å². The van der Waals surface area contributed by atoms with Gasteiger partial charge in [-0.05, 0) is 44.2 Å². The number of carbonyl (C=O) groups is 2. The zero-order valence-corrected chi connectivity index (χ0v) is 12.2. The standard InChI is InChI=1S/C16H19NO5/c1-17-10-6-7-11(17)13(16(21)22)15(20)12(10)14(19)8-2-4-9(18)5-3-8/h2-5,10-13,15,18,20H,6-7H2,1H3,(H,21,22)/t10-,11+,12?,13+,15-/m0/s1. The third-order valence-corrected chi connectivity index (χ3v) is 5.11. The number of nitrogens with zero attached hydrogens (tertiary/aromatic N) is 1. The lowest BCUT2D eigenvalue weighted by Gasteiger charge is -2.43. The molecule has 2 heterocycles. The summed E-state index contributed by atoms with van der Waals surface area (Å²) in [5, 5.41) is 29.2. The summed E-state index contributed by atoms with van der Waals surface area (Å²) >= 11 is 0. The van der Waals surface area contributed by atoms with Crippen molar-refractivity contribution in [3.63, 3.8) is 0 Å². The minimum Gasteiger partial charge on any atom is -0.508 e. The highest BCUT2D eigenvalue weighted by molar-refractivity contribution is 5.99. The number of hydrogen-bond donors (Lipinski definition) is 3. The van der Waals surface area contributed by atoms with E-state index in [0.717, 1.165) is 0 Å². The van der Waals surface area contributed by atoms with Crippen LogP contribution >= 0.6 is 0 Å². The number of aliphatic hydroxyl groups excluding tert-OH is 1. The van der Waals surface area contributed by atoms with Crippen molar-refractivity contribution >= 4 is 11.8 Å². The van der Waals surface area contributed by atoms with Crippen LogP contribution in [0.1, 0.15) is 23.2 Å². The summed E-state index contributed by atoms with van der Waals surface area (Å²) < 4.78 is 0. The summed E-state index contributed by atoms with van der Waals surface area (Å²) in [6.07, 6.45) is 0.193. The Kier molecular flexibility index (Phi) is 3.66. The molecule has 0 spiro atoms. The molecule has 3 rings (SSSR count). The van der Waals surface area contributed by atoms with E-state index in [2.05, 4.69) is 0 Å². The maximum atomic E-state index is 12.8. The molecule has 0 aliphatic carbocycles. The molecule has 118 valence electrons. The summed E-state index contributed by atoms with van der Waals surface area (Å²) in [7, 11) is 1.82. The van der Waals surface area contributed by atoms with E-state index >= 15 is 0 Å². The van der Waals surface area contributed by atoms with Crippen LogP contribution in [0.5, 0.6) is 5.75 Å². The molecule has 0 amide bonds. The Morgan fingerprint density at radius 1 is 1.09 bits per heavy atom. The summed E-state index contributed by atoms with van der Waals surface area (Å²) in [5.74, 6) is -2.98. The summed E-state index contributed by atoms with van der Waals surface area (Å²) in [4.78, 5) is 26.2. The van der Waals surface area contributed by atoms with Crippen LogP contribution in [0.4, 0.5) is 0 Å². The molecule has 2 saturated heterocycles. The van der Waals surface area contributed by atoms with Crippen molar-refractivity contribution < 1.29 is 24.9 Å². The third-order valence-electron chi connectivity index (χ3n) is 5.11. The van der Waals surface area contributed by atoms with E-state index in [1.165, 1.54) is 24.3 Å². The smallest absolute Gasteiger partial charge is 0.310 e. The number of fused-ring (bicyclic) bond motifs is 2. The Balaban J connectivity index is 1.95. The van der Waals surface area contributed by atoms with E-state index in [-0.39, 0.29) is 23.6 Å². The SMILES string of the molecule is CN1[C@@H]2CC[C@H]1C(C(=O)c1ccc(O)cc1)[C@H](O)[C@@H]2C(=O)O. The Morgan fingerprint density at radius 3 is 2.18 bits per heavy atom. The highest BCUT2D eigenvalue weighted by Crippen LogP contribution is 2.43. The van der Waals surface area contributed by atoms with Crippen molar-refractivity contribution in [2.45, 2.75) is 31.0 Å². The molecule has 1 unspecified atom stereocenters. The number of rotatable bonds is 3. The quantitative estimate of drug-likeness (QED) is 0.712. The maximum Gasteiger partial charge on any atom is 0.310 e. The Morgan fingerprint density at radius 2 is 1.64 bits per heavy atom. The lowest BCUT2D eigenvalue weighted by atomic mass is 9.76. The molecule has 2 bridgehead atoms. The molecule has 3 N–H and O–H groups in total. The van der Waals surface area contributed by atoms with Gasteiger partial charge in [-0.3, -0.25) is 14.5 Å². The number of carboxylic acid groups (broad SMARTS) is 1. The normalized spacial score (nSPS) is 34.5. The molecule has 2 aliphatic rings.